The van der Waals surface area contributed by atoms with Gasteiger partial charge in [0.15, 0.2) is 11.7 Å². The smallest absolute Gasteiger partial charge is 0.190 e. The monoisotopic (exact) mass is 348 g/mol. The summed E-state index contributed by atoms with van der Waals surface area (Å²) < 4.78 is 5.24. The molecule has 0 bridgehead atoms. The van der Waals surface area contributed by atoms with Crippen LogP contribution in [0.4, 0.5) is 0 Å². The Bertz CT molecular complexity index is 956. The first-order valence-corrected chi connectivity index (χ1v) is 8.62. The van der Waals surface area contributed by atoms with E-state index in [9.17, 15) is 10.1 Å². The number of nitriles is 1. The first-order chi connectivity index (χ1) is 12.2. The fourth-order valence-electron chi connectivity index (χ4n) is 2.63. The van der Waals surface area contributed by atoms with Crippen LogP contribution in [-0.2, 0) is 0 Å². The zero-order chi connectivity index (χ0) is 17.8. The Morgan fingerprint density at radius 2 is 1.92 bits per heavy atom. The number of ketones is 1. The second-order valence-corrected chi connectivity index (χ2v) is 6.40. The molecule has 124 valence electrons. The van der Waals surface area contributed by atoms with Gasteiger partial charge < -0.3 is 4.74 Å². The maximum atomic E-state index is 12.8. The van der Waals surface area contributed by atoms with Crippen molar-refractivity contribution in [2.45, 2.75) is 12.8 Å². The highest BCUT2D eigenvalue weighted by atomic mass is 32.1. The summed E-state index contributed by atoms with van der Waals surface area (Å²) in [6.45, 7) is 2.01. The SMILES string of the molecule is COc1ccccc1C(=O)C(C#N)c1nc(-c2ccccc2C)cs1. The lowest BCUT2D eigenvalue weighted by Gasteiger charge is -2.09. The van der Waals surface area contributed by atoms with Gasteiger partial charge in [-0.3, -0.25) is 4.79 Å². The molecule has 0 amide bonds. The second kappa shape index (κ2) is 7.29. The number of aromatic nitrogens is 1. The average molecular weight is 348 g/mol. The molecule has 0 aliphatic rings. The third-order valence-corrected chi connectivity index (χ3v) is 4.86. The Kier molecular flexibility index (Phi) is 4.92. The van der Waals surface area contributed by atoms with Gasteiger partial charge in [-0.25, -0.2) is 4.98 Å². The summed E-state index contributed by atoms with van der Waals surface area (Å²) in [6, 6.07) is 16.9. The number of rotatable bonds is 5. The summed E-state index contributed by atoms with van der Waals surface area (Å²) in [5, 5.41) is 11.9. The van der Waals surface area contributed by atoms with Crippen LogP contribution in [0.15, 0.2) is 53.9 Å². The lowest BCUT2D eigenvalue weighted by molar-refractivity contribution is 0.0976. The fraction of sp³-hybridized carbons (Fsp3) is 0.150. The standard InChI is InChI=1S/C20H16N2O2S/c1-13-7-3-4-8-14(13)17-12-25-20(22-17)16(11-21)19(23)15-9-5-6-10-18(15)24-2/h3-10,12,16H,1-2H3. The molecule has 0 fully saturated rings. The molecule has 4 nitrogen and oxygen atoms in total. The van der Waals surface area contributed by atoms with E-state index in [1.165, 1.54) is 18.4 Å². The molecule has 1 unspecified atom stereocenters. The van der Waals surface area contributed by atoms with Crippen LogP contribution in [0.1, 0.15) is 26.8 Å². The van der Waals surface area contributed by atoms with E-state index in [1.807, 2.05) is 36.6 Å². The minimum absolute atomic E-state index is 0.300. The molecule has 25 heavy (non-hydrogen) atoms. The molecule has 0 spiro atoms. The number of nitrogens with zero attached hydrogens (tertiary/aromatic N) is 2. The number of hydrogen-bond donors (Lipinski definition) is 0. The molecule has 2 aromatic carbocycles. The van der Waals surface area contributed by atoms with Crippen molar-refractivity contribution in [3.8, 4) is 23.1 Å². The predicted octanol–water partition coefficient (Wildman–Crippen LogP) is 4.62. The molecule has 1 atom stereocenters. The van der Waals surface area contributed by atoms with Gasteiger partial charge in [0, 0.05) is 10.9 Å². The van der Waals surface area contributed by atoms with Gasteiger partial charge >= 0.3 is 0 Å². The van der Waals surface area contributed by atoms with E-state index in [0.717, 1.165) is 16.8 Å². The summed E-state index contributed by atoms with van der Waals surface area (Å²) in [5.74, 6) is -0.784. The number of benzene rings is 2. The maximum absolute atomic E-state index is 12.8. The third kappa shape index (κ3) is 3.30. The molecule has 3 rings (SSSR count). The molecule has 0 N–H and O–H groups in total. The Hall–Kier alpha value is -2.97. The highest BCUT2D eigenvalue weighted by Crippen LogP contribution is 2.31. The Balaban J connectivity index is 1.96. The van der Waals surface area contributed by atoms with Crippen LogP contribution in [0.5, 0.6) is 5.75 Å². The predicted molar refractivity (Wildman–Crippen MR) is 98.0 cm³/mol. The Morgan fingerprint density at radius 1 is 1.20 bits per heavy atom. The number of para-hydroxylation sites is 1. The van der Waals surface area contributed by atoms with Crippen molar-refractivity contribution < 1.29 is 9.53 Å². The molecular formula is C20H16N2O2S. The van der Waals surface area contributed by atoms with E-state index in [0.29, 0.717) is 16.3 Å². The summed E-state index contributed by atoms with van der Waals surface area (Å²) in [5.41, 5.74) is 3.28. The van der Waals surface area contributed by atoms with E-state index in [1.54, 1.807) is 24.3 Å². The van der Waals surface area contributed by atoms with Crippen LogP contribution in [0.25, 0.3) is 11.3 Å². The number of thiazole rings is 1. The number of ether oxygens (including phenoxy) is 1. The third-order valence-electron chi connectivity index (χ3n) is 3.95. The highest BCUT2D eigenvalue weighted by Gasteiger charge is 2.27. The van der Waals surface area contributed by atoms with E-state index in [-0.39, 0.29) is 5.78 Å². The van der Waals surface area contributed by atoms with Crippen LogP contribution in [0.3, 0.4) is 0 Å². The Morgan fingerprint density at radius 3 is 2.64 bits per heavy atom. The van der Waals surface area contributed by atoms with Crippen molar-refractivity contribution in [1.29, 1.82) is 5.26 Å². The van der Waals surface area contributed by atoms with Crippen molar-refractivity contribution in [2.75, 3.05) is 7.11 Å². The maximum Gasteiger partial charge on any atom is 0.190 e. The molecular weight excluding hydrogens is 332 g/mol. The van der Waals surface area contributed by atoms with Crippen LogP contribution in [-0.4, -0.2) is 17.9 Å². The number of carbonyl (C=O) groups is 1. The molecule has 0 saturated carbocycles. The van der Waals surface area contributed by atoms with Crippen molar-refractivity contribution in [3.63, 3.8) is 0 Å². The number of hydrogen-bond acceptors (Lipinski definition) is 5. The van der Waals surface area contributed by atoms with E-state index in [2.05, 4.69) is 11.1 Å². The molecule has 0 saturated heterocycles. The second-order valence-electron chi connectivity index (χ2n) is 5.51. The first kappa shape index (κ1) is 16.9. The van der Waals surface area contributed by atoms with Crippen LogP contribution in [0, 0.1) is 18.3 Å². The average Bonchev–Trinajstić information content (AvgIpc) is 3.12. The van der Waals surface area contributed by atoms with Gasteiger partial charge in [0.05, 0.1) is 24.4 Å². The number of methoxy groups -OCH3 is 1. The Labute approximate surface area is 150 Å². The van der Waals surface area contributed by atoms with Gasteiger partial charge in [0.1, 0.15) is 10.8 Å². The zero-order valence-electron chi connectivity index (χ0n) is 13.9. The molecule has 0 aliphatic heterocycles. The summed E-state index contributed by atoms with van der Waals surface area (Å²) in [6.07, 6.45) is 0. The molecule has 1 heterocycles. The summed E-state index contributed by atoms with van der Waals surface area (Å²) in [4.78, 5) is 17.4. The molecule has 0 radical (unpaired) electrons. The van der Waals surface area contributed by atoms with Crippen LogP contribution in [0.2, 0.25) is 0 Å². The van der Waals surface area contributed by atoms with Crippen molar-refractivity contribution in [3.05, 3.63) is 70.0 Å². The quantitative estimate of drug-likeness (QED) is 0.631. The zero-order valence-corrected chi connectivity index (χ0v) is 14.7. The van der Waals surface area contributed by atoms with Crippen molar-refractivity contribution >= 4 is 17.1 Å². The molecule has 5 heteroatoms. The number of aryl methyl sites for hydroxylation is 1. The minimum atomic E-state index is -0.945. The van der Waals surface area contributed by atoms with Gasteiger partial charge in [0.2, 0.25) is 0 Å². The van der Waals surface area contributed by atoms with Crippen molar-refractivity contribution in [1.82, 2.24) is 4.98 Å². The van der Waals surface area contributed by atoms with Crippen LogP contribution < -0.4 is 4.74 Å². The topological polar surface area (TPSA) is 63.0 Å². The normalized spacial score (nSPS) is 11.6. The largest absolute Gasteiger partial charge is 0.496 e. The molecule has 3 aromatic rings. The van der Waals surface area contributed by atoms with Gasteiger partial charge in [-0.2, -0.15) is 5.26 Å². The number of Topliss-reactive ketones (excluding diaryl/α,β-unsaturated/α-hetero) is 1. The van der Waals surface area contributed by atoms with Crippen molar-refractivity contribution in [2.24, 2.45) is 0 Å². The molecule has 0 aliphatic carbocycles. The van der Waals surface area contributed by atoms with Gasteiger partial charge in [-0.05, 0) is 24.6 Å². The summed E-state index contributed by atoms with van der Waals surface area (Å²) >= 11 is 1.33. The molecule has 1 aromatic heterocycles. The lowest BCUT2D eigenvalue weighted by Crippen LogP contribution is -2.12. The van der Waals surface area contributed by atoms with Crippen LogP contribution >= 0.6 is 11.3 Å². The van der Waals surface area contributed by atoms with E-state index < -0.39 is 5.92 Å². The van der Waals surface area contributed by atoms with Gasteiger partial charge in [-0.15, -0.1) is 11.3 Å². The van der Waals surface area contributed by atoms with Gasteiger partial charge in [-0.1, -0.05) is 36.4 Å². The van der Waals surface area contributed by atoms with E-state index in [4.69, 9.17) is 4.74 Å². The lowest BCUT2D eigenvalue weighted by atomic mass is 9.98. The number of carbonyl (C=O) groups excluding carboxylic acids is 1. The van der Waals surface area contributed by atoms with E-state index >= 15 is 0 Å². The first-order valence-electron chi connectivity index (χ1n) is 7.74. The minimum Gasteiger partial charge on any atom is -0.496 e. The highest BCUT2D eigenvalue weighted by molar-refractivity contribution is 7.10. The summed E-state index contributed by atoms with van der Waals surface area (Å²) in [7, 11) is 1.51. The fourth-order valence-corrected chi connectivity index (χ4v) is 3.49. The van der Waals surface area contributed by atoms with Gasteiger partial charge in [0.25, 0.3) is 0 Å².